The number of likely N-dealkylation sites (N-methyl/N-ethyl adjacent to an activating group) is 1. The van der Waals surface area contributed by atoms with E-state index in [2.05, 4.69) is 5.32 Å². The number of carbonyl (C=O) groups is 2. The van der Waals surface area contributed by atoms with Crippen LogP contribution < -0.4 is 11.1 Å². The maximum atomic E-state index is 11.0. The zero-order valence-electron chi connectivity index (χ0n) is 8.25. The molecule has 0 saturated heterocycles. The molecule has 4 nitrogen and oxygen atoms in total. The van der Waals surface area contributed by atoms with Gasteiger partial charge in [0.2, 0.25) is 0 Å². The third kappa shape index (κ3) is 5.49. The Hall–Kier alpha value is -0.740. The van der Waals surface area contributed by atoms with Crippen LogP contribution in [0.2, 0.25) is 0 Å². The summed E-state index contributed by atoms with van der Waals surface area (Å²) in [7, 11) is 1.76. The van der Waals surface area contributed by atoms with Gasteiger partial charge in [-0.1, -0.05) is 0 Å². The molecule has 0 rings (SSSR count). The van der Waals surface area contributed by atoms with Gasteiger partial charge < -0.3 is 15.8 Å². The van der Waals surface area contributed by atoms with Crippen LogP contribution in [0, 0.1) is 0 Å². The molecule has 0 saturated carbocycles. The summed E-state index contributed by atoms with van der Waals surface area (Å²) in [5, 5.41) is 2.91. The fourth-order valence-electron chi connectivity index (χ4n) is 1.18. The second kappa shape index (κ2) is 6.74. The average molecular weight is 186 g/mol. The molecule has 4 heteroatoms. The van der Waals surface area contributed by atoms with E-state index in [9.17, 15) is 9.59 Å². The van der Waals surface area contributed by atoms with Gasteiger partial charge in [-0.25, -0.2) is 0 Å². The molecule has 0 aliphatic rings. The van der Waals surface area contributed by atoms with Crippen LogP contribution in [0.5, 0.6) is 0 Å². The van der Waals surface area contributed by atoms with Gasteiger partial charge in [-0.15, -0.1) is 0 Å². The van der Waals surface area contributed by atoms with Crippen molar-refractivity contribution in [2.45, 2.75) is 38.3 Å². The number of nitrogens with two attached hydrogens (primary N) is 1. The zero-order chi connectivity index (χ0) is 10.3. The summed E-state index contributed by atoms with van der Waals surface area (Å²) in [4.78, 5) is 21.1. The second-order valence-electron chi connectivity index (χ2n) is 3.18. The van der Waals surface area contributed by atoms with E-state index in [1.807, 2.05) is 0 Å². The number of rotatable bonds is 7. The van der Waals surface area contributed by atoms with Gasteiger partial charge in [0.15, 0.2) is 0 Å². The minimum absolute atomic E-state index is 0.0983. The van der Waals surface area contributed by atoms with Crippen LogP contribution in [0.15, 0.2) is 0 Å². The lowest BCUT2D eigenvalue weighted by molar-refractivity contribution is -0.119. The summed E-state index contributed by atoms with van der Waals surface area (Å²) in [5.74, 6) is 0.127. The normalized spacial score (nSPS) is 15.0. The first-order chi connectivity index (χ1) is 6.11. The van der Waals surface area contributed by atoms with E-state index in [-0.39, 0.29) is 17.9 Å². The molecule has 0 aromatic rings. The fourth-order valence-corrected chi connectivity index (χ4v) is 1.18. The molecule has 0 aliphatic heterocycles. The van der Waals surface area contributed by atoms with Crippen LogP contribution in [0.3, 0.4) is 0 Å². The van der Waals surface area contributed by atoms with Gasteiger partial charge in [-0.05, 0) is 33.2 Å². The van der Waals surface area contributed by atoms with E-state index in [0.717, 1.165) is 19.1 Å². The summed E-state index contributed by atoms with van der Waals surface area (Å²) in [5.41, 5.74) is 5.40. The monoisotopic (exact) mass is 186 g/mol. The van der Waals surface area contributed by atoms with Crippen LogP contribution in [-0.2, 0) is 9.59 Å². The highest BCUT2D eigenvalue weighted by atomic mass is 16.1. The third-order valence-corrected chi connectivity index (χ3v) is 2.04. The molecule has 0 aromatic carbocycles. The fraction of sp³-hybridized carbons (Fsp3) is 0.778. The Labute approximate surface area is 78.9 Å². The van der Waals surface area contributed by atoms with E-state index in [1.165, 1.54) is 0 Å². The Bertz CT molecular complexity index is 171. The number of hydrogen-bond donors (Lipinski definition) is 2. The van der Waals surface area contributed by atoms with E-state index in [1.54, 1.807) is 14.0 Å². The Morgan fingerprint density at radius 3 is 2.54 bits per heavy atom. The molecule has 0 amide bonds. The number of ketones is 1. The van der Waals surface area contributed by atoms with Crippen molar-refractivity contribution in [3.05, 3.63) is 0 Å². The van der Waals surface area contributed by atoms with Crippen molar-refractivity contribution in [3.8, 4) is 0 Å². The molecule has 0 radical (unpaired) electrons. The molecule has 0 unspecified atom stereocenters. The van der Waals surface area contributed by atoms with E-state index in [0.29, 0.717) is 6.42 Å². The van der Waals surface area contributed by atoms with Gasteiger partial charge in [0.25, 0.3) is 0 Å². The highest BCUT2D eigenvalue weighted by Crippen LogP contribution is 2.02. The summed E-state index contributed by atoms with van der Waals surface area (Å²) in [6.45, 7) is 1.56. The van der Waals surface area contributed by atoms with Gasteiger partial charge in [-0.3, -0.25) is 4.79 Å². The average Bonchev–Trinajstić information content (AvgIpc) is 2.11. The number of nitrogens with one attached hydrogen (secondary N) is 1. The minimum atomic E-state index is -0.385. The Morgan fingerprint density at radius 1 is 1.54 bits per heavy atom. The molecule has 0 bridgehead atoms. The minimum Gasteiger partial charge on any atom is -0.322 e. The largest absolute Gasteiger partial charge is 0.322 e. The highest BCUT2D eigenvalue weighted by molar-refractivity contribution is 5.81. The van der Waals surface area contributed by atoms with E-state index >= 15 is 0 Å². The van der Waals surface area contributed by atoms with Gasteiger partial charge in [0, 0.05) is 0 Å². The molecule has 0 heterocycles. The second-order valence-corrected chi connectivity index (χ2v) is 3.18. The molecule has 13 heavy (non-hydrogen) atoms. The smallest absolute Gasteiger partial charge is 0.146 e. The van der Waals surface area contributed by atoms with Crippen LogP contribution >= 0.6 is 0 Å². The third-order valence-electron chi connectivity index (χ3n) is 2.04. The number of aldehydes is 1. The van der Waals surface area contributed by atoms with Crippen molar-refractivity contribution in [1.29, 1.82) is 0 Å². The standard InChI is InChI=1S/C9H18N2O2/c1-7(13)9(11-2)5-3-4-8(10)6-12/h6,8-9,11H,3-5,10H2,1-2H3/t8-,9-/m1/s1. The van der Waals surface area contributed by atoms with E-state index in [4.69, 9.17) is 5.73 Å². The topological polar surface area (TPSA) is 72.2 Å². The SMILES string of the molecule is CN[C@H](CCC[C@@H](N)C=O)C(C)=O. The lowest BCUT2D eigenvalue weighted by Gasteiger charge is -2.12. The van der Waals surface area contributed by atoms with E-state index < -0.39 is 0 Å². The summed E-state index contributed by atoms with van der Waals surface area (Å²) < 4.78 is 0. The molecule has 2 atom stereocenters. The number of hydrogen-bond acceptors (Lipinski definition) is 4. The molecule has 3 N–H and O–H groups in total. The lowest BCUT2D eigenvalue weighted by atomic mass is 10.0. The zero-order valence-corrected chi connectivity index (χ0v) is 8.25. The van der Waals surface area contributed by atoms with Crippen molar-refractivity contribution in [1.82, 2.24) is 5.32 Å². The van der Waals surface area contributed by atoms with Crippen molar-refractivity contribution in [2.24, 2.45) is 5.73 Å². The predicted octanol–water partition coefficient (Wildman–Crippen LogP) is -0.140. The summed E-state index contributed by atoms with van der Waals surface area (Å²) >= 11 is 0. The van der Waals surface area contributed by atoms with Crippen LogP contribution in [0.25, 0.3) is 0 Å². The first kappa shape index (κ1) is 12.3. The molecule has 0 fully saturated rings. The Balaban J connectivity index is 3.61. The van der Waals surface area contributed by atoms with Crippen molar-refractivity contribution >= 4 is 12.1 Å². The lowest BCUT2D eigenvalue weighted by Crippen LogP contribution is -2.32. The van der Waals surface area contributed by atoms with Gasteiger partial charge >= 0.3 is 0 Å². The Kier molecular flexibility index (Phi) is 6.36. The first-order valence-corrected chi connectivity index (χ1v) is 4.50. The van der Waals surface area contributed by atoms with Crippen LogP contribution in [0.4, 0.5) is 0 Å². The van der Waals surface area contributed by atoms with Crippen molar-refractivity contribution in [2.75, 3.05) is 7.05 Å². The molecule has 0 aliphatic carbocycles. The summed E-state index contributed by atoms with van der Waals surface area (Å²) in [6, 6.07) is -0.483. The van der Waals surface area contributed by atoms with Gasteiger partial charge in [0.1, 0.15) is 12.1 Å². The quantitative estimate of drug-likeness (QED) is 0.543. The predicted molar refractivity (Wildman–Crippen MR) is 51.4 cm³/mol. The molecular formula is C9H18N2O2. The van der Waals surface area contributed by atoms with Crippen molar-refractivity contribution in [3.63, 3.8) is 0 Å². The number of carbonyl (C=O) groups excluding carboxylic acids is 2. The van der Waals surface area contributed by atoms with Gasteiger partial charge in [-0.2, -0.15) is 0 Å². The van der Waals surface area contributed by atoms with Gasteiger partial charge in [0.05, 0.1) is 12.1 Å². The van der Waals surface area contributed by atoms with Crippen LogP contribution in [-0.4, -0.2) is 31.2 Å². The maximum Gasteiger partial charge on any atom is 0.146 e. The molecule has 0 spiro atoms. The summed E-state index contributed by atoms with van der Waals surface area (Å²) in [6.07, 6.45) is 2.93. The van der Waals surface area contributed by atoms with Crippen molar-refractivity contribution < 1.29 is 9.59 Å². The number of Topliss-reactive ketones (excluding diaryl/α,β-unsaturated/α-hetero) is 1. The molecular weight excluding hydrogens is 168 g/mol. The Morgan fingerprint density at radius 2 is 2.15 bits per heavy atom. The maximum absolute atomic E-state index is 11.0. The molecule has 76 valence electrons. The first-order valence-electron chi connectivity index (χ1n) is 4.50. The van der Waals surface area contributed by atoms with Crippen LogP contribution in [0.1, 0.15) is 26.2 Å². The molecule has 0 aromatic heterocycles. The highest BCUT2D eigenvalue weighted by Gasteiger charge is 2.11.